The molecule has 1 amide bonds. The fraction of sp³-hybridized carbons (Fsp3) is 0.176. The molecule has 3 aromatic rings. The summed E-state index contributed by atoms with van der Waals surface area (Å²) >= 11 is 0. The fourth-order valence-electron chi connectivity index (χ4n) is 2.32. The van der Waals surface area contributed by atoms with Crippen LogP contribution in [0.3, 0.4) is 0 Å². The highest BCUT2D eigenvalue weighted by Crippen LogP contribution is 2.07. The molecule has 0 spiro atoms. The summed E-state index contributed by atoms with van der Waals surface area (Å²) in [4.78, 5) is 16.2. The first kappa shape index (κ1) is 15.1. The minimum Gasteiger partial charge on any atom is -0.355 e. The number of aromatic nitrogens is 2. The van der Waals surface area contributed by atoms with Gasteiger partial charge in [0.25, 0.3) is 0 Å². The van der Waals surface area contributed by atoms with Crippen molar-refractivity contribution in [2.24, 2.45) is 0 Å². The third-order valence-corrected chi connectivity index (χ3v) is 3.45. The molecule has 6 heteroatoms. The van der Waals surface area contributed by atoms with Gasteiger partial charge in [0.15, 0.2) is 0 Å². The lowest BCUT2D eigenvalue weighted by molar-refractivity contribution is -0.120. The van der Waals surface area contributed by atoms with Crippen molar-refractivity contribution in [2.75, 3.05) is 6.54 Å². The smallest absolute Gasteiger partial charge is 0.224 e. The van der Waals surface area contributed by atoms with Crippen molar-refractivity contribution in [3.63, 3.8) is 0 Å². The molecule has 0 aliphatic carbocycles. The largest absolute Gasteiger partial charge is 0.355 e. The number of fused-ring (bicyclic) bond motifs is 1. The number of carbonyl (C=O) groups is 1. The summed E-state index contributed by atoms with van der Waals surface area (Å²) in [7, 11) is 0. The molecule has 118 valence electrons. The summed E-state index contributed by atoms with van der Waals surface area (Å²) in [6.45, 7) is 0.437. The van der Waals surface area contributed by atoms with Gasteiger partial charge >= 0.3 is 0 Å². The minimum atomic E-state index is -0.325. The van der Waals surface area contributed by atoms with Gasteiger partial charge in [-0.3, -0.25) is 4.79 Å². The van der Waals surface area contributed by atoms with Gasteiger partial charge in [-0.2, -0.15) is 0 Å². The van der Waals surface area contributed by atoms with Crippen molar-refractivity contribution in [2.45, 2.75) is 12.8 Å². The lowest BCUT2D eigenvalue weighted by Crippen LogP contribution is -2.27. The molecule has 0 atom stereocenters. The van der Waals surface area contributed by atoms with E-state index in [9.17, 15) is 13.6 Å². The number of carbonyl (C=O) groups excluding carboxylic acids is 1. The summed E-state index contributed by atoms with van der Waals surface area (Å²) in [5.41, 5.74) is 2.20. The van der Waals surface area contributed by atoms with Gasteiger partial charge in [-0.1, -0.05) is 12.1 Å². The second-order valence-corrected chi connectivity index (χ2v) is 5.25. The van der Waals surface area contributed by atoms with E-state index in [1.54, 1.807) is 28.8 Å². The molecule has 2 aromatic heterocycles. The van der Waals surface area contributed by atoms with Crippen LogP contribution in [-0.2, 0) is 17.6 Å². The second kappa shape index (κ2) is 6.56. The first-order chi connectivity index (χ1) is 11.1. The number of pyridine rings is 1. The number of benzene rings is 1. The van der Waals surface area contributed by atoms with Gasteiger partial charge in [-0.15, -0.1) is 0 Å². The van der Waals surface area contributed by atoms with Crippen LogP contribution in [0, 0.1) is 11.6 Å². The molecule has 3 rings (SSSR count). The standard InChI is InChI=1S/C17H15F2N3O/c18-13-3-1-12(2-4-13)9-17(23)20-8-7-15-11-22-10-14(19)5-6-16(22)21-15/h1-6,10-11H,7-9H2,(H,20,23). The molecule has 23 heavy (non-hydrogen) atoms. The highest BCUT2D eigenvalue weighted by atomic mass is 19.1. The van der Waals surface area contributed by atoms with Crippen LogP contribution in [0.5, 0.6) is 0 Å². The third kappa shape index (κ3) is 3.91. The molecule has 1 aromatic carbocycles. The predicted molar refractivity (Wildman–Crippen MR) is 82.0 cm³/mol. The van der Waals surface area contributed by atoms with Crippen molar-refractivity contribution < 1.29 is 13.6 Å². The first-order valence-corrected chi connectivity index (χ1v) is 7.24. The van der Waals surface area contributed by atoms with Crippen molar-refractivity contribution in [3.05, 3.63) is 71.7 Å². The van der Waals surface area contributed by atoms with Crippen molar-refractivity contribution in [1.29, 1.82) is 0 Å². The van der Waals surface area contributed by atoms with E-state index in [0.717, 1.165) is 11.3 Å². The molecule has 0 bridgehead atoms. The molecule has 0 radical (unpaired) electrons. The Balaban J connectivity index is 1.51. The van der Waals surface area contributed by atoms with E-state index in [2.05, 4.69) is 10.3 Å². The van der Waals surface area contributed by atoms with E-state index in [1.165, 1.54) is 24.4 Å². The number of rotatable bonds is 5. The van der Waals surface area contributed by atoms with Crippen molar-refractivity contribution >= 4 is 11.6 Å². The maximum Gasteiger partial charge on any atom is 0.224 e. The van der Waals surface area contributed by atoms with Crippen LogP contribution in [0.1, 0.15) is 11.3 Å². The zero-order valence-corrected chi connectivity index (χ0v) is 12.3. The van der Waals surface area contributed by atoms with Crippen LogP contribution in [-0.4, -0.2) is 21.8 Å². The van der Waals surface area contributed by atoms with Crippen molar-refractivity contribution in [1.82, 2.24) is 14.7 Å². The number of hydrogen-bond donors (Lipinski definition) is 1. The van der Waals surface area contributed by atoms with Gasteiger partial charge in [-0.25, -0.2) is 13.8 Å². The Kier molecular flexibility index (Phi) is 4.32. The van der Waals surface area contributed by atoms with Gasteiger partial charge in [0.05, 0.1) is 12.1 Å². The van der Waals surface area contributed by atoms with E-state index in [1.807, 2.05) is 0 Å². The van der Waals surface area contributed by atoms with Gasteiger partial charge in [0, 0.05) is 25.4 Å². The molecule has 0 saturated carbocycles. The van der Waals surface area contributed by atoms with Crippen LogP contribution in [0.15, 0.2) is 48.8 Å². The Morgan fingerprint density at radius 1 is 1.04 bits per heavy atom. The Morgan fingerprint density at radius 3 is 2.57 bits per heavy atom. The summed E-state index contributed by atoms with van der Waals surface area (Å²) in [6, 6.07) is 8.80. The minimum absolute atomic E-state index is 0.133. The average Bonchev–Trinajstić information content (AvgIpc) is 2.91. The predicted octanol–water partition coefficient (Wildman–Crippen LogP) is 2.51. The highest BCUT2D eigenvalue weighted by Gasteiger charge is 2.05. The van der Waals surface area contributed by atoms with Crippen LogP contribution in [0.4, 0.5) is 8.78 Å². The highest BCUT2D eigenvalue weighted by molar-refractivity contribution is 5.78. The average molecular weight is 315 g/mol. The Hall–Kier alpha value is -2.76. The molecule has 0 aliphatic rings. The van der Waals surface area contributed by atoms with Crippen LogP contribution >= 0.6 is 0 Å². The van der Waals surface area contributed by atoms with Gasteiger partial charge in [0.2, 0.25) is 5.91 Å². The normalized spacial score (nSPS) is 10.9. The topological polar surface area (TPSA) is 46.4 Å². The van der Waals surface area contributed by atoms with Crippen LogP contribution in [0.2, 0.25) is 0 Å². The van der Waals surface area contributed by atoms with E-state index >= 15 is 0 Å². The molecule has 4 nitrogen and oxygen atoms in total. The number of imidazole rings is 1. The van der Waals surface area contributed by atoms with Gasteiger partial charge < -0.3 is 9.72 Å². The molecule has 1 N–H and O–H groups in total. The number of nitrogens with zero attached hydrogens (tertiary/aromatic N) is 2. The van der Waals surface area contributed by atoms with Crippen LogP contribution in [0.25, 0.3) is 5.65 Å². The van der Waals surface area contributed by atoms with Crippen LogP contribution < -0.4 is 5.32 Å². The van der Waals surface area contributed by atoms with E-state index in [-0.39, 0.29) is 24.0 Å². The van der Waals surface area contributed by atoms with Gasteiger partial charge in [-0.05, 0) is 29.8 Å². The lowest BCUT2D eigenvalue weighted by Gasteiger charge is -2.04. The SMILES string of the molecule is O=C(Cc1ccc(F)cc1)NCCc1cn2cc(F)ccc2n1. The molecule has 0 unspecified atom stereocenters. The summed E-state index contributed by atoms with van der Waals surface area (Å²) in [6.07, 6.45) is 3.86. The summed E-state index contributed by atoms with van der Waals surface area (Å²) in [5, 5.41) is 2.79. The number of amides is 1. The molecule has 2 heterocycles. The monoisotopic (exact) mass is 315 g/mol. The lowest BCUT2D eigenvalue weighted by atomic mass is 10.1. The first-order valence-electron chi connectivity index (χ1n) is 7.24. The quantitative estimate of drug-likeness (QED) is 0.786. The van der Waals surface area contributed by atoms with Gasteiger partial charge in [0.1, 0.15) is 17.3 Å². The summed E-state index contributed by atoms with van der Waals surface area (Å²) < 4.78 is 27.5. The zero-order valence-electron chi connectivity index (χ0n) is 12.3. The Labute approximate surface area is 131 Å². The molecule has 0 aliphatic heterocycles. The molecular formula is C17H15F2N3O. The van der Waals surface area contributed by atoms with E-state index < -0.39 is 0 Å². The maximum atomic E-state index is 13.1. The number of halogens is 2. The number of nitrogens with one attached hydrogen (secondary N) is 1. The van der Waals surface area contributed by atoms with E-state index in [4.69, 9.17) is 0 Å². The molecule has 0 saturated heterocycles. The third-order valence-electron chi connectivity index (χ3n) is 3.45. The van der Waals surface area contributed by atoms with E-state index in [0.29, 0.717) is 18.6 Å². The molecular weight excluding hydrogens is 300 g/mol. The second-order valence-electron chi connectivity index (χ2n) is 5.25. The molecule has 0 fully saturated rings. The Bertz CT molecular complexity index is 827. The maximum absolute atomic E-state index is 13.1. The fourth-order valence-corrected chi connectivity index (χ4v) is 2.32. The Morgan fingerprint density at radius 2 is 1.78 bits per heavy atom. The van der Waals surface area contributed by atoms with Crippen molar-refractivity contribution in [3.8, 4) is 0 Å². The zero-order chi connectivity index (χ0) is 16.2. The summed E-state index contributed by atoms with van der Waals surface area (Å²) in [5.74, 6) is -0.780. The number of hydrogen-bond acceptors (Lipinski definition) is 2.